The molecular weight excluding hydrogens is 288 g/mol. The molecule has 0 bridgehead atoms. The Kier molecular flexibility index (Phi) is 3.50. The van der Waals surface area contributed by atoms with E-state index in [-0.39, 0.29) is 0 Å². The van der Waals surface area contributed by atoms with Crippen LogP contribution in [0.5, 0.6) is 0 Å². The smallest absolute Gasteiger partial charge is 0.0671 e. The van der Waals surface area contributed by atoms with E-state index in [0.717, 1.165) is 24.3 Å². The number of alkyl halides is 1. The lowest BCUT2D eigenvalue weighted by molar-refractivity contribution is 0.0413. The summed E-state index contributed by atoms with van der Waals surface area (Å²) >= 11 is 3.77. The van der Waals surface area contributed by atoms with Gasteiger partial charge in [-0.2, -0.15) is 0 Å². The Morgan fingerprint density at radius 3 is 2.89 bits per heavy atom. The van der Waals surface area contributed by atoms with Crippen molar-refractivity contribution in [3.8, 4) is 0 Å². The molecule has 3 rings (SSSR count). The van der Waals surface area contributed by atoms with Gasteiger partial charge in [-0.1, -0.05) is 45.8 Å². The van der Waals surface area contributed by atoms with Crippen molar-refractivity contribution in [3.63, 3.8) is 0 Å². The maximum atomic E-state index is 6.06. The predicted molar refractivity (Wildman–Crippen MR) is 78.2 cm³/mol. The second kappa shape index (κ2) is 4.97. The molecule has 1 heterocycles. The highest BCUT2D eigenvalue weighted by Crippen LogP contribution is 2.50. The lowest BCUT2D eigenvalue weighted by Crippen LogP contribution is -2.36. The normalized spacial score (nSPS) is 31.8. The summed E-state index contributed by atoms with van der Waals surface area (Å²) < 4.78 is 6.06. The zero-order chi connectivity index (χ0) is 12.6. The summed E-state index contributed by atoms with van der Waals surface area (Å²) in [6.07, 6.45) is 5.58. The third-order valence-electron chi connectivity index (χ3n) is 4.46. The maximum Gasteiger partial charge on any atom is 0.0671 e. The van der Waals surface area contributed by atoms with Gasteiger partial charge in [-0.3, -0.25) is 0 Å². The van der Waals surface area contributed by atoms with Crippen LogP contribution in [0.2, 0.25) is 0 Å². The van der Waals surface area contributed by atoms with Crippen LogP contribution in [0, 0.1) is 18.3 Å². The van der Waals surface area contributed by atoms with Crippen molar-refractivity contribution in [3.05, 3.63) is 35.4 Å². The van der Waals surface area contributed by atoms with Gasteiger partial charge < -0.3 is 4.74 Å². The van der Waals surface area contributed by atoms with E-state index < -0.39 is 0 Å². The fourth-order valence-corrected chi connectivity index (χ4v) is 4.15. The van der Waals surface area contributed by atoms with Gasteiger partial charge in [0.2, 0.25) is 0 Å². The van der Waals surface area contributed by atoms with E-state index in [9.17, 15) is 0 Å². The first-order chi connectivity index (χ1) is 8.73. The van der Waals surface area contributed by atoms with Crippen LogP contribution >= 0.6 is 15.9 Å². The number of benzene rings is 1. The van der Waals surface area contributed by atoms with Crippen molar-refractivity contribution in [1.29, 1.82) is 0 Å². The molecule has 0 aromatic heterocycles. The molecule has 2 aliphatic rings. The minimum Gasteiger partial charge on any atom is -0.377 e. The number of ether oxygens (including phenoxy) is 1. The van der Waals surface area contributed by atoms with Gasteiger partial charge in [0.1, 0.15) is 0 Å². The van der Waals surface area contributed by atoms with E-state index in [2.05, 4.69) is 47.1 Å². The van der Waals surface area contributed by atoms with Crippen LogP contribution in [0.1, 0.15) is 30.4 Å². The van der Waals surface area contributed by atoms with Gasteiger partial charge in [-0.25, -0.2) is 0 Å². The van der Waals surface area contributed by atoms with Crippen molar-refractivity contribution in [2.75, 3.05) is 11.9 Å². The molecule has 0 radical (unpaired) electrons. The van der Waals surface area contributed by atoms with Gasteiger partial charge in [0, 0.05) is 17.4 Å². The molecule has 1 saturated heterocycles. The van der Waals surface area contributed by atoms with Gasteiger partial charge in [0.25, 0.3) is 0 Å². The summed E-state index contributed by atoms with van der Waals surface area (Å²) in [5, 5.41) is 1.06. The topological polar surface area (TPSA) is 9.23 Å². The molecule has 0 amide bonds. The van der Waals surface area contributed by atoms with Gasteiger partial charge in [0.15, 0.2) is 0 Å². The number of rotatable bonds is 4. The van der Waals surface area contributed by atoms with E-state index >= 15 is 0 Å². The first kappa shape index (κ1) is 12.7. The average molecular weight is 309 g/mol. The Labute approximate surface area is 118 Å². The molecule has 1 aromatic carbocycles. The molecule has 1 saturated carbocycles. The van der Waals surface area contributed by atoms with Gasteiger partial charge in [-0.05, 0) is 44.1 Å². The second-order valence-electron chi connectivity index (χ2n) is 6.04. The predicted octanol–water partition coefficient (Wildman–Crippen LogP) is 4.12. The van der Waals surface area contributed by atoms with E-state index in [0.29, 0.717) is 11.5 Å². The van der Waals surface area contributed by atoms with E-state index in [1.165, 1.54) is 30.4 Å². The van der Waals surface area contributed by atoms with Crippen LogP contribution in [0.15, 0.2) is 24.3 Å². The number of hydrogen-bond donors (Lipinski definition) is 0. The number of halogens is 1. The Hall–Kier alpha value is -0.340. The third-order valence-corrected chi connectivity index (χ3v) is 5.57. The van der Waals surface area contributed by atoms with Crippen molar-refractivity contribution in [2.45, 2.75) is 38.7 Å². The highest BCUT2D eigenvalue weighted by molar-refractivity contribution is 9.09. The lowest BCUT2D eigenvalue weighted by atomic mass is 9.76. The van der Waals surface area contributed by atoms with Crippen molar-refractivity contribution in [2.24, 2.45) is 11.3 Å². The standard InChI is InChI=1S/C16H21BrO/c1-12-3-2-4-13(9-12)10-16(11-17)7-8-18-15(16)14-5-6-14/h2-4,9,14-15H,5-8,10-11H2,1H3. The number of hydrogen-bond acceptors (Lipinski definition) is 1. The Bertz CT molecular complexity index is 427. The van der Waals surface area contributed by atoms with Gasteiger partial charge >= 0.3 is 0 Å². The third kappa shape index (κ3) is 2.37. The van der Waals surface area contributed by atoms with Crippen molar-refractivity contribution < 1.29 is 4.74 Å². The van der Waals surface area contributed by atoms with Crippen LogP contribution in [-0.2, 0) is 11.2 Å². The Morgan fingerprint density at radius 2 is 2.22 bits per heavy atom. The molecule has 2 heteroatoms. The van der Waals surface area contributed by atoms with Crippen molar-refractivity contribution >= 4 is 15.9 Å². The van der Waals surface area contributed by atoms with Crippen molar-refractivity contribution in [1.82, 2.24) is 0 Å². The molecule has 2 unspecified atom stereocenters. The van der Waals surface area contributed by atoms with Crippen LogP contribution < -0.4 is 0 Å². The molecule has 0 N–H and O–H groups in total. The largest absolute Gasteiger partial charge is 0.377 e. The fraction of sp³-hybridized carbons (Fsp3) is 0.625. The van der Waals surface area contributed by atoms with Gasteiger partial charge in [0.05, 0.1) is 6.10 Å². The summed E-state index contributed by atoms with van der Waals surface area (Å²) in [6.45, 7) is 3.12. The van der Waals surface area contributed by atoms with Crippen LogP contribution in [0.3, 0.4) is 0 Å². The molecule has 2 atom stereocenters. The molecule has 1 aliphatic carbocycles. The molecule has 1 aromatic rings. The zero-order valence-electron chi connectivity index (χ0n) is 11.0. The highest BCUT2D eigenvalue weighted by atomic mass is 79.9. The summed E-state index contributed by atoms with van der Waals surface area (Å²) in [6, 6.07) is 8.94. The van der Waals surface area contributed by atoms with Crippen LogP contribution in [0.4, 0.5) is 0 Å². The second-order valence-corrected chi connectivity index (χ2v) is 6.60. The quantitative estimate of drug-likeness (QED) is 0.760. The van der Waals surface area contributed by atoms with E-state index in [4.69, 9.17) is 4.74 Å². The first-order valence-electron chi connectivity index (χ1n) is 6.97. The van der Waals surface area contributed by atoms with Crippen LogP contribution in [-0.4, -0.2) is 18.0 Å². The average Bonchev–Trinajstić information content (AvgIpc) is 3.12. The number of aryl methyl sites for hydroxylation is 1. The minimum absolute atomic E-state index is 0.328. The summed E-state index contributed by atoms with van der Waals surface area (Å²) in [7, 11) is 0. The molecule has 18 heavy (non-hydrogen) atoms. The monoisotopic (exact) mass is 308 g/mol. The first-order valence-corrected chi connectivity index (χ1v) is 8.09. The Morgan fingerprint density at radius 1 is 1.39 bits per heavy atom. The SMILES string of the molecule is Cc1cccc(CC2(CBr)CCOC2C2CC2)c1. The molecular formula is C16H21BrO. The van der Waals surface area contributed by atoms with Gasteiger partial charge in [-0.15, -0.1) is 0 Å². The minimum atomic E-state index is 0.328. The van der Waals surface area contributed by atoms with E-state index in [1.54, 1.807) is 0 Å². The summed E-state index contributed by atoms with van der Waals surface area (Å²) in [4.78, 5) is 0. The molecule has 1 nitrogen and oxygen atoms in total. The van der Waals surface area contributed by atoms with Crippen LogP contribution in [0.25, 0.3) is 0 Å². The molecule has 0 spiro atoms. The zero-order valence-corrected chi connectivity index (χ0v) is 12.6. The molecule has 2 fully saturated rings. The van der Waals surface area contributed by atoms with E-state index in [1.807, 2.05) is 0 Å². The molecule has 1 aliphatic heterocycles. The lowest BCUT2D eigenvalue weighted by Gasteiger charge is -2.33. The summed E-state index contributed by atoms with van der Waals surface area (Å²) in [5.41, 5.74) is 3.15. The maximum absolute atomic E-state index is 6.06. The fourth-order valence-electron chi connectivity index (χ4n) is 3.35. The highest BCUT2D eigenvalue weighted by Gasteiger charge is 2.50. The summed E-state index contributed by atoms with van der Waals surface area (Å²) in [5.74, 6) is 0.829. The Balaban J connectivity index is 1.82. The molecule has 98 valence electrons.